The lowest BCUT2D eigenvalue weighted by molar-refractivity contribution is -0.119. The number of esters is 1. The first kappa shape index (κ1) is 16.6. The van der Waals surface area contributed by atoms with Crippen LogP contribution in [0.15, 0.2) is 30.3 Å². The second kappa shape index (κ2) is 7.13. The Labute approximate surface area is 143 Å². The number of para-hydroxylation sites is 1. The quantitative estimate of drug-likeness (QED) is 0.856. The van der Waals surface area contributed by atoms with Crippen molar-refractivity contribution in [3.8, 4) is 0 Å². The van der Waals surface area contributed by atoms with Crippen LogP contribution in [0.3, 0.4) is 0 Å². The number of thiophene rings is 1. The Morgan fingerprint density at radius 2 is 2.17 bits per heavy atom. The van der Waals surface area contributed by atoms with Gasteiger partial charge in [0.2, 0.25) is 0 Å². The van der Waals surface area contributed by atoms with E-state index in [0.717, 1.165) is 19.3 Å². The molecule has 0 saturated carbocycles. The number of rotatable bonds is 4. The molecule has 4 nitrogen and oxygen atoms in total. The zero-order chi connectivity index (χ0) is 17.1. The van der Waals surface area contributed by atoms with Crippen molar-refractivity contribution in [2.24, 2.45) is 5.92 Å². The molecule has 0 spiro atoms. The molecule has 1 heterocycles. The molecule has 0 saturated heterocycles. The van der Waals surface area contributed by atoms with E-state index in [1.54, 1.807) is 6.07 Å². The molecular weight excluding hydrogens is 329 g/mol. The number of halogens is 1. The Balaban J connectivity index is 1.56. The van der Waals surface area contributed by atoms with Crippen molar-refractivity contribution >= 4 is 28.9 Å². The first-order valence-electron chi connectivity index (χ1n) is 7.86. The van der Waals surface area contributed by atoms with Crippen LogP contribution < -0.4 is 5.32 Å². The number of ether oxygens (including phenoxy) is 1. The Hall–Kier alpha value is -2.21. The molecule has 1 aliphatic carbocycles. The van der Waals surface area contributed by atoms with Crippen LogP contribution >= 0.6 is 11.3 Å². The van der Waals surface area contributed by atoms with E-state index in [1.165, 1.54) is 40.0 Å². The maximum Gasteiger partial charge on any atom is 0.348 e. The zero-order valence-electron chi connectivity index (χ0n) is 13.3. The van der Waals surface area contributed by atoms with Gasteiger partial charge in [-0.1, -0.05) is 19.1 Å². The Bertz CT molecular complexity index is 771. The molecule has 1 aromatic heterocycles. The van der Waals surface area contributed by atoms with Crippen LogP contribution in [0.1, 0.15) is 33.5 Å². The molecule has 24 heavy (non-hydrogen) atoms. The summed E-state index contributed by atoms with van der Waals surface area (Å²) < 4.78 is 18.5. The fourth-order valence-electron chi connectivity index (χ4n) is 2.76. The minimum Gasteiger partial charge on any atom is -0.451 e. The van der Waals surface area contributed by atoms with E-state index in [9.17, 15) is 14.0 Å². The van der Waals surface area contributed by atoms with E-state index in [2.05, 4.69) is 12.2 Å². The van der Waals surface area contributed by atoms with Crippen LogP contribution in [-0.4, -0.2) is 18.5 Å². The van der Waals surface area contributed by atoms with Crippen molar-refractivity contribution in [1.29, 1.82) is 0 Å². The van der Waals surface area contributed by atoms with Gasteiger partial charge in [0.1, 0.15) is 10.7 Å². The topological polar surface area (TPSA) is 55.4 Å². The number of benzene rings is 1. The fraction of sp³-hybridized carbons (Fsp3) is 0.333. The van der Waals surface area contributed by atoms with Crippen molar-refractivity contribution in [2.75, 3.05) is 11.9 Å². The van der Waals surface area contributed by atoms with Gasteiger partial charge in [0, 0.05) is 4.88 Å². The van der Waals surface area contributed by atoms with E-state index in [4.69, 9.17) is 4.74 Å². The van der Waals surface area contributed by atoms with E-state index >= 15 is 0 Å². The van der Waals surface area contributed by atoms with Crippen LogP contribution in [0.4, 0.5) is 10.1 Å². The zero-order valence-corrected chi connectivity index (χ0v) is 14.1. The Morgan fingerprint density at radius 3 is 2.96 bits per heavy atom. The normalized spacial score (nSPS) is 16.3. The summed E-state index contributed by atoms with van der Waals surface area (Å²) in [6.07, 6.45) is 3.10. The highest BCUT2D eigenvalue weighted by Gasteiger charge is 2.21. The van der Waals surface area contributed by atoms with Gasteiger partial charge in [0.15, 0.2) is 6.61 Å². The van der Waals surface area contributed by atoms with Gasteiger partial charge in [-0.25, -0.2) is 9.18 Å². The predicted octanol–water partition coefficient (Wildman–Crippen LogP) is 3.81. The van der Waals surface area contributed by atoms with Gasteiger partial charge in [-0.2, -0.15) is 0 Å². The molecule has 0 bridgehead atoms. The largest absolute Gasteiger partial charge is 0.451 e. The third kappa shape index (κ3) is 3.82. The van der Waals surface area contributed by atoms with Crippen LogP contribution in [0.5, 0.6) is 0 Å². The number of amides is 1. The summed E-state index contributed by atoms with van der Waals surface area (Å²) in [7, 11) is 0. The standard InChI is InChI=1S/C18H18FNO3S/c1-11-6-7-15-12(8-11)9-16(24-15)18(22)23-10-17(21)20-14-5-3-2-4-13(14)19/h2-5,9,11H,6-8,10H2,1H3,(H,20,21). The summed E-state index contributed by atoms with van der Waals surface area (Å²) in [5.74, 6) is -0.978. The van der Waals surface area contributed by atoms with Gasteiger partial charge in [0.05, 0.1) is 5.69 Å². The second-order valence-corrected chi connectivity index (χ2v) is 7.15. The molecule has 3 rings (SSSR count). The molecule has 2 aromatic rings. The van der Waals surface area contributed by atoms with Crippen LogP contribution in [0.2, 0.25) is 0 Å². The average Bonchev–Trinajstić information content (AvgIpc) is 2.98. The lowest BCUT2D eigenvalue weighted by Gasteiger charge is -2.16. The number of carbonyl (C=O) groups excluding carboxylic acids is 2. The summed E-state index contributed by atoms with van der Waals surface area (Å²) in [6, 6.07) is 7.71. The third-order valence-corrected chi connectivity index (χ3v) is 5.23. The van der Waals surface area contributed by atoms with E-state index < -0.39 is 24.3 Å². The second-order valence-electron chi connectivity index (χ2n) is 6.01. The maximum atomic E-state index is 13.5. The molecule has 0 aliphatic heterocycles. The predicted molar refractivity (Wildman–Crippen MR) is 90.8 cm³/mol. The van der Waals surface area contributed by atoms with Gasteiger partial charge < -0.3 is 10.1 Å². The SMILES string of the molecule is CC1CCc2sc(C(=O)OCC(=O)Nc3ccccc3F)cc2C1. The summed E-state index contributed by atoms with van der Waals surface area (Å²) in [6.45, 7) is 1.76. The summed E-state index contributed by atoms with van der Waals surface area (Å²) >= 11 is 1.44. The van der Waals surface area contributed by atoms with Gasteiger partial charge in [0.25, 0.3) is 5.91 Å². The molecule has 1 N–H and O–H groups in total. The summed E-state index contributed by atoms with van der Waals surface area (Å²) in [4.78, 5) is 25.6. The molecule has 1 atom stereocenters. The molecule has 126 valence electrons. The highest BCUT2D eigenvalue weighted by Crippen LogP contribution is 2.32. The van der Waals surface area contributed by atoms with E-state index in [-0.39, 0.29) is 5.69 Å². The number of aryl methyl sites for hydroxylation is 1. The van der Waals surface area contributed by atoms with Crippen molar-refractivity contribution < 1.29 is 18.7 Å². The first-order chi connectivity index (χ1) is 11.5. The van der Waals surface area contributed by atoms with E-state index in [1.807, 2.05) is 6.07 Å². The van der Waals surface area contributed by atoms with Gasteiger partial charge in [-0.3, -0.25) is 4.79 Å². The minimum atomic E-state index is -0.566. The minimum absolute atomic E-state index is 0.0686. The molecule has 1 aromatic carbocycles. The highest BCUT2D eigenvalue weighted by atomic mass is 32.1. The monoisotopic (exact) mass is 347 g/mol. The average molecular weight is 347 g/mol. The van der Waals surface area contributed by atoms with Gasteiger partial charge in [-0.15, -0.1) is 11.3 Å². The van der Waals surface area contributed by atoms with Crippen molar-refractivity contribution in [1.82, 2.24) is 0 Å². The molecule has 1 unspecified atom stereocenters. The summed E-state index contributed by atoms with van der Waals surface area (Å²) in [5.41, 5.74) is 1.28. The number of nitrogens with one attached hydrogen (secondary N) is 1. The molecule has 0 fully saturated rings. The Morgan fingerprint density at radius 1 is 1.38 bits per heavy atom. The number of hydrogen-bond donors (Lipinski definition) is 1. The molecule has 6 heteroatoms. The van der Waals surface area contributed by atoms with Crippen LogP contribution in [0.25, 0.3) is 0 Å². The van der Waals surface area contributed by atoms with Gasteiger partial charge in [-0.05, 0) is 48.9 Å². The first-order valence-corrected chi connectivity index (χ1v) is 8.67. The Kier molecular flexibility index (Phi) is 4.94. The third-order valence-electron chi connectivity index (χ3n) is 4.01. The number of carbonyl (C=O) groups is 2. The summed E-state index contributed by atoms with van der Waals surface area (Å²) in [5, 5.41) is 2.38. The number of fused-ring (bicyclic) bond motifs is 1. The smallest absolute Gasteiger partial charge is 0.348 e. The lowest BCUT2D eigenvalue weighted by atomic mass is 9.90. The molecule has 0 radical (unpaired) electrons. The van der Waals surface area contributed by atoms with Gasteiger partial charge >= 0.3 is 5.97 Å². The van der Waals surface area contributed by atoms with Crippen molar-refractivity contribution in [2.45, 2.75) is 26.2 Å². The maximum absolute atomic E-state index is 13.5. The highest BCUT2D eigenvalue weighted by molar-refractivity contribution is 7.14. The van der Waals surface area contributed by atoms with Crippen LogP contribution in [-0.2, 0) is 22.4 Å². The van der Waals surface area contributed by atoms with E-state index in [0.29, 0.717) is 10.8 Å². The van der Waals surface area contributed by atoms with Crippen LogP contribution in [0, 0.1) is 11.7 Å². The lowest BCUT2D eigenvalue weighted by Crippen LogP contribution is -2.21. The van der Waals surface area contributed by atoms with Crippen molar-refractivity contribution in [3.63, 3.8) is 0 Å². The fourth-order valence-corrected chi connectivity index (χ4v) is 3.86. The number of anilines is 1. The molecule has 1 aliphatic rings. The molecule has 1 amide bonds. The van der Waals surface area contributed by atoms with Crippen molar-refractivity contribution in [3.05, 3.63) is 51.5 Å². The number of hydrogen-bond acceptors (Lipinski definition) is 4. The molecular formula is C18H18FNO3S.